The van der Waals surface area contributed by atoms with Gasteiger partial charge >= 0.3 is 11.7 Å². The second kappa shape index (κ2) is 7.03. The van der Waals surface area contributed by atoms with Gasteiger partial charge in [-0.1, -0.05) is 42.5 Å². The Labute approximate surface area is 154 Å². The minimum absolute atomic E-state index is 0.170. The number of ether oxygens (including phenoxy) is 1. The van der Waals surface area contributed by atoms with Gasteiger partial charge in [-0.15, -0.1) is 5.10 Å². The van der Waals surface area contributed by atoms with Gasteiger partial charge in [-0.25, -0.2) is 9.78 Å². The Morgan fingerprint density at radius 2 is 1.81 bits per heavy atom. The number of esters is 1. The van der Waals surface area contributed by atoms with E-state index in [0.29, 0.717) is 23.4 Å². The van der Waals surface area contributed by atoms with Crippen LogP contribution in [0.5, 0.6) is 0 Å². The van der Waals surface area contributed by atoms with E-state index in [1.54, 1.807) is 13.0 Å². The fourth-order valence-corrected chi connectivity index (χ4v) is 3.12. The first kappa shape index (κ1) is 17.0. The van der Waals surface area contributed by atoms with Crippen molar-refractivity contribution < 1.29 is 9.53 Å². The fraction of sp³-hybridized carbons (Fsp3) is 0.200. The fourth-order valence-electron chi connectivity index (χ4n) is 3.12. The van der Waals surface area contributed by atoms with Crippen LogP contribution in [0.2, 0.25) is 0 Å². The number of para-hydroxylation sites is 1. The molecule has 0 amide bonds. The molecule has 0 aliphatic rings. The van der Waals surface area contributed by atoms with Gasteiger partial charge < -0.3 is 4.74 Å². The molecule has 0 saturated heterocycles. The van der Waals surface area contributed by atoms with Crippen LogP contribution in [-0.2, 0) is 22.5 Å². The van der Waals surface area contributed by atoms with Crippen molar-refractivity contribution in [1.29, 1.82) is 0 Å². The number of nitrogens with zero attached hydrogens (tertiary/aromatic N) is 4. The van der Waals surface area contributed by atoms with Crippen LogP contribution in [0.1, 0.15) is 18.3 Å². The van der Waals surface area contributed by atoms with Crippen LogP contribution in [0.25, 0.3) is 16.6 Å². The Morgan fingerprint density at radius 3 is 2.59 bits per heavy atom. The molecule has 4 aromatic rings. The van der Waals surface area contributed by atoms with Gasteiger partial charge in [0.05, 0.1) is 12.1 Å². The maximum absolute atomic E-state index is 13.0. The summed E-state index contributed by atoms with van der Waals surface area (Å²) in [5, 5.41) is 5.15. The highest BCUT2D eigenvalue weighted by molar-refractivity contribution is 5.91. The third kappa shape index (κ3) is 3.19. The summed E-state index contributed by atoms with van der Waals surface area (Å²) in [4.78, 5) is 29.5. The molecule has 2 aromatic heterocycles. The minimum atomic E-state index is -0.464. The lowest BCUT2D eigenvalue weighted by Crippen LogP contribution is -2.31. The third-order valence-corrected chi connectivity index (χ3v) is 4.30. The Balaban J connectivity index is 1.87. The molecule has 0 spiro atoms. The van der Waals surface area contributed by atoms with Gasteiger partial charge in [0.1, 0.15) is 6.54 Å². The van der Waals surface area contributed by atoms with E-state index in [4.69, 9.17) is 4.74 Å². The standard InChI is InChI=1S/C20H18N4O3/c1-2-27-18(25)13-23-16-11-7-6-10-15(16)19-21-17(22-24(19)20(23)26)12-14-8-4-3-5-9-14/h3-11H,2,12-13H2,1H3. The summed E-state index contributed by atoms with van der Waals surface area (Å²) in [6.07, 6.45) is 0.522. The monoisotopic (exact) mass is 362 g/mol. The predicted octanol–water partition coefficient (Wildman–Crippen LogP) is 2.20. The van der Waals surface area contributed by atoms with Crippen LogP contribution in [0.3, 0.4) is 0 Å². The average Bonchev–Trinajstić information content (AvgIpc) is 3.10. The van der Waals surface area contributed by atoms with E-state index in [9.17, 15) is 9.59 Å². The third-order valence-electron chi connectivity index (χ3n) is 4.30. The first-order valence-electron chi connectivity index (χ1n) is 8.74. The molecule has 0 N–H and O–H groups in total. The highest BCUT2D eigenvalue weighted by atomic mass is 16.5. The lowest BCUT2D eigenvalue weighted by Gasteiger charge is -2.10. The van der Waals surface area contributed by atoms with Gasteiger partial charge in [0.2, 0.25) is 0 Å². The molecule has 0 bridgehead atoms. The van der Waals surface area contributed by atoms with E-state index in [0.717, 1.165) is 10.9 Å². The molecule has 4 rings (SSSR count). The van der Waals surface area contributed by atoms with E-state index >= 15 is 0 Å². The molecule has 0 aliphatic carbocycles. The first-order valence-corrected chi connectivity index (χ1v) is 8.74. The molecule has 0 saturated carbocycles. The summed E-state index contributed by atoms with van der Waals surface area (Å²) in [7, 11) is 0. The summed E-state index contributed by atoms with van der Waals surface area (Å²) in [5.74, 6) is 0.0889. The van der Waals surface area contributed by atoms with Crippen molar-refractivity contribution >= 4 is 22.5 Å². The van der Waals surface area contributed by atoms with Crippen molar-refractivity contribution in [3.63, 3.8) is 0 Å². The van der Waals surface area contributed by atoms with E-state index in [-0.39, 0.29) is 13.2 Å². The van der Waals surface area contributed by atoms with E-state index in [1.165, 1.54) is 9.08 Å². The quantitative estimate of drug-likeness (QED) is 0.509. The molecule has 7 heteroatoms. The lowest BCUT2D eigenvalue weighted by atomic mass is 10.1. The summed E-state index contributed by atoms with van der Waals surface area (Å²) in [6.45, 7) is 1.82. The molecule has 2 heterocycles. The van der Waals surface area contributed by atoms with E-state index < -0.39 is 11.7 Å². The summed E-state index contributed by atoms with van der Waals surface area (Å²) < 4.78 is 7.64. The normalized spacial score (nSPS) is 11.1. The number of hydrogen-bond donors (Lipinski definition) is 0. The minimum Gasteiger partial charge on any atom is -0.465 e. The van der Waals surface area contributed by atoms with Crippen LogP contribution >= 0.6 is 0 Å². The van der Waals surface area contributed by atoms with Crippen LogP contribution < -0.4 is 5.69 Å². The van der Waals surface area contributed by atoms with Gasteiger partial charge in [-0.2, -0.15) is 4.52 Å². The largest absolute Gasteiger partial charge is 0.465 e. The zero-order valence-electron chi connectivity index (χ0n) is 14.8. The highest BCUT2D eigenvalue weighted by Crippen LogP contribution is 2.18. The van der Waals surface area contributed by atoms with Crippen LogP contribution in [0.4, 0.5) is 0 Å². The first-order chi connectivity index (χ1) is 13.2. The Morgan fingerprint density at radius 1 is 1.07 bits per heavy atom. The molecule has 0 atom stereocenters. The van der Waals surface area contributed by atoms with Crippen LogP contribution in [-0.4, -0.2) is 31.7 Å². The number of carbonyl (C=O) groups excluding carboxylic acids is 1. The maximum Gasteiger partial charge on any atom is 0.351 e. The molecule has 27 heavy (non-hydrogen) atoms. The van der Waals surface area contributed by atoms with Crippen molar-refractivity contribution in [3.05, 3.63) is 76.5 Å². The molecule has 0 aliphatic heterocycles. The van der Waals surface area contributed by atoms with Gasteiger partial charge in [-0.05, 0) is 24.6 Å². The van der Waals surface area contributed by atoms with E-state index in [2.05, 4.69) is 10.1 Å². The number of fused-ring (bicyclic) bond motifs is 3. The SMILES string of the molecule is CCOC(=O)Cn1c(=O)n2nc(Cc3ccccc3)nc2c2ccccc21. The Kier molecular flexibility index (Phi) is 4.42. The van der Waals surface area contributed by atoms with Crippen LogP contribution in [0, 0.1) is 0 Å². The van der Waals surface area contributed by atoms with Crippen molar-refractivity contribution in [2.45, 2.75) is 19.9 Å². The second-order valence-corrected chi connectivity index (χ2v) is 6.12. The van der Waals surface area contributed by atoms with Crippen molar-refractivity contribution in [2.24, 2.45) is 0 Å². The number of aromatic nitrogens is 4. The zero-order valence-corrected chi connectivity index (χ0v) is 14.8. The van der Waals surface area contributed by atoms with Gasteiger partial charge in [0.15, 0.2) is 11.5 Å². The average molecular weight is 362 g/mol. The van der Waals surface area contributed by atoms with Crippen molar-refractivity contribution in [1.82, 2.24) is 19.2 Å². The second-order valence-electron chi connectivity index (χ2n) is 6.12. The highest BCUT2D eigenvalue weighted by Gasteiger charge is 2.17. The van der Waals surface area contributed by atoms with Gasteiger partial charge in [-0.3, -0.25) is 9.36 Å². The Bertz CT molecular complexity index is 1180. The number of rotatable bonds is 5. The number of hydrogen-bond acceptors (Lipinski definition) is 5. The molecule has 7 nitrogen and oxygen atoms in total. The summed E-state index contributed by atoms with van der Waals surface area (Å²) in [6, 6.07) is 17.2. The number of benzene rings is 2. The molecular formula is C20H18N4O3. The lowest BCUT2D eigenvalue weighted by molar-refractivity contribution is -0.143. The van der Waals surface area contributed by atoms with Gasteiger partial charge in [0.25, 0.3) is 0 Å². The van der Waals surface area contributed by atoms with Crippen molar-refractivity contribution in [3.8, 4) is 0 Å². The summed E-state index contributed by atoms with van der Waals surface area (Å²) in [5.41, 5.74) is 1.76. The topological polar surface area (TPSA) is 78.5 Å². The molecule has 136 valence electrons. The van der Waals surface area contributed by atoms with Crippen molar-refractivity contribution in [2.75, 3.05) is 6.61 Å². The maximum atomic E-state index is 13.0. The number of carbonyl (C=O) groups is 1. The predicted molar refractivity (Wildman–Crippen MR) is 101 cm³/mol. The zero-order chi connectivity index (χ0) is 18.8. The van der Waals surface area contributed by atoms with Crippen LogP contribution in [0.15, 0.2) is 59.4 Å². The molecule has 0 unspecified atom stereocenters. The van der Waals surface area contributed by atoms with E-state index in [1.807, 2.05) is 48.5 Å². The molecule has 2 aromatic carbocycles. The summed E-state index contributed by atoms with van der Waals surface area (Å²) >= 11 is 0. The molecular weight excluding hydrogens is 344 g/mol. The molecule has 0 fully saturated rings. The van der Waals surface area contributed by atoms with Gasteiger partial charge in [0, 0.05) is 11.8 Å². The molecule has 0 radical (unpaired) electrons. The Hall–Kier alpha value is -3.48. The smallest absolute Gasteiger partial charge is 0.351 e.